The molecule has 0 saturated heterocycles. The Hall–Kier alpha value is -2.43. The van der Waals surface area contributed by atoms with Gasteiger partial charge in [-0.15, -0.1) is 0 Å². The normalized spacial score (nSPS) is 11.9. The highest BCUT2D eigenvalue weighted by molar-refractivity contribution is 5.65. The van der Waals surface area contributed by atoms with Crippen molar-refractivity contribution in [2.75, 3.05) is 5.32 Å². The molecule has 1 aromatic carbocycles. The van der Waals surface area contributed by atoms with Crippen LogP contribution in [-0.2, 0) is 0 Å². The SMILES string of the molecule is Cc1cc(NC(C)c2cccnc2)c([N+](=O)[O-])cc1C. The number of nitrogens with one attached hydrogen (secondary N) is 1. The van der Waals surface area contributed by atoms with Crippen LogP contribution in [0.25, 0.3) is 0 Å². The molecule has 0 aliphatic carbocycles. The van der Waals surface area contributed by atoms with Crippen molar-refractivity contribution in [1.82, 2.24) is 4.98 Å². The highest BCUT2D eigenvalue weighted by Gasteiger charge is 2.17. The molecular weight excluding hydrogens is 254 g/mol. The second-order valence-electron chi connectivity index (χ2n) is 4.86. The number of nitro groups is 1. The van der Waals surface area contributed by atoms with Crippen LogP contribution >= 0.6 is 0 Å². The third kappa shape index (κ3) is 2.93. The summed E-state index contributed by atoms with van der Waals surface area (Å²) < 4.78 is 0. The summed E-state index contributed by atoms with van der Waals surface area (Å²) in [6, 6.07) is 7.16. The lowest BCUT2D eigenvalue weighted by molar-refractivity contribution is -0.384. The van der Waals surface area contributed by atoms with Gasteiger partial charge in [0.25, 0.3) is 5.69 Å². The van der Waals surface area contributed by atoms with Gasteiger partial charge in [-0.05, 0) is 49.6 Å². The number of aryl methyl sites for hydroxylation is 2. The Labute approximate surface area is 117 Å². The Balaban J connectivity index is 2.33. The van der Waals surface area contributed by atoms with E-state index in [1.807, 2.05) is 39.0 Å². The maximum absolute atomic E-state index is 11.2. The van der Waals surface area contributed by atoms with Crippen molar-refractivity contribution in [3.63, 3.8) is 0 Å². The number of nitro benzene ring substituents is 1. The molecule has 0 spiro atoms. The molecule has 1 N–H and O–H groups in total. The Bertz CT molecular complexity index is 627. The van der Waals surface area contributed by atoms with E-state index in [4.69, 9.17) is 0 Å². The highest BCUT2D eigenvalue weighted by Crippen LogP contribution is 2.30. The molecule has 1 aromatic heterocycles. The molecule has 2 rings (SSSR count). The van der Waals surface area contributed by atoms with Gasteiger partial charge in [-0.25, -0.2) is 0 Å². The van der Waals surface area contributed by atoms with Crippen LogP contribution in [0.3, 0.4) is 0 Å². The van der Waals surface area contributed by atoms with E-state index >= 15 is 0 Å². The van der Waals surface area contributed by atoms with E-state index in [0.717, 1.165) is 16.7 Å². The van der Waals surface area contributed by atoms with E-state index < -0.39 is 0 Å². The summed E-state index contributed by atoms with van der Waals surface area (Å²) in [6.07, 6.45) is 3.46. The molecule has 1 heterocycles. The number of hydrogen-bond acceptors (Lipinski definition) is 4. The molecular formula is C15H17N3O2. The molecule has 0 saturated carbocycles. The summed E-state index contributed by atoms with van der Waals surface area (Å²) in [5.41, 5.74) is 3.56. The van der Waals surface area contributed by atoms with Gasteiger partial charge >= 0.3 is 0 Å². The number of pyridine rings is 1. The van der Waals surface area contributed by atoms with Crippen LogP contribution in [0.2, 0.25) is 0 Å². The molecule has 1 unspecified atom stereocenters. The number of anilines is 1. The predicted molar refractivity (Wildman–Crippen MR) is 78.8 cm³/mol. The fourth-order valence-electron chi connectivity index (χ4n) is 2.02. The number of nitrogens with zero attached hydrogens (tertiary/aromatic N) is 2. The van der Waals surface area contributed by atoms with Gasteiger partial charge in [-0.3, -0.25) is 15.1 Å². The standard InChI is InChI=1S/C15H17N3O2/c1-10-7-14(15(18(19)20)8-11(10)2)17-12(3)13-5-4-6-16-9-13/h4-9,12,17H,1-3H3. The minimum atomic E-state index is -0.356. The molecule has 0 aliphatic rings. The van der Waals surface area contributed by atoms with E-state index in [1.165, 1.54) is 0 Å². The molecule has 0 fully saturated rings. The Kier molecular flexibility index (Phi) is 3.98. The number of aromatic nitrogens is 1. The molecule has 5 heteroatoms. The van der Waals surface area contributed by atoms with Crippen LogP contribution in [0, 0.1) is 24.0 Å². The summed E-state index contributed by atoms with van der Waals surface area (Å²) in [6.45, 7) is 5.77. The predicted octanol–water partition coefficient (Wildman–Crippen LogP) is 3.78. The second kappa shape index (κ2) is 5.69. The van der Waals surface area contributed by atoms with Gasteiger partial charge in [0.1, 0.15) is 5.69 Å². The lowest BCUT2D eigenvalue weighted by Gasteiger charge is -2.16. The molecule has 0 radical (unpaired) electrons. The van der Waals surface area contributed by atoms with Crippen LogP contribution in [-0.4, -0.2) is 9.91 Å². The number of benzene rings is 1. The van der Waals surface area contributed by atoms with Gasteiger partial charge in [-0.1, -0.05) is 6.07 Å². The van der Waals surface area contributed by atoms with Crippen molar-refractivity contribution in [2.24, 2.45) is 0 Å². The minimum absolute atomic E-state index is 0.0514. The molecule has 2 aromatic rings. The van der Waals surface area contributed by atoms with Gasteiger partial charge < -0.3 is 5.32 Å². The van der Waals surface area contributed by atoms with Crippen LogP contribution < -0.4 is 5.32 Å². The third-order valence-electron chi connectivity index (χ3n) is 3.37. The molecule has 20 heavy (non-hydrogen) atoms. The number of rotatable bonds is 4. The highest BCUT2D eigenvalue weighted by atomic mass is 16.6. The summed E-state index contributed by atoms with van der Waals surface area (Å²) >= 11 is 0. The van der Waals surface area contributed by atoms with Gasteiger partial charge in [0, 0.05) is 18.5 Å². The van der Waals surface area contributed by atoms with Crippen molar-refractivity contribution >= 4 is 11.4 Å². The lowest BCUT2D eigenvalue weighted by Crippen LogP contribution is -2.09. The van der Waals surface area contributed by atoms with E-state index in [9.17, 15) is 10.1 Å². The quantitative estimate of drug-likeness (QED) is 0.678. The third-order valence-corrected chi connectivity index (χ3v) is 3.37. The first kappa shape index (κ1) is 14.0. The van der Waals surface area contributed by atoms with Crippen molar-refractivity contribution in [3.8, 4) is 0 Å². The largest absolute Gasteiger partial charge is 0.373 e. The summed E-state index contributed by atoms with van der Waals surface area (Å²) in [5.74, 6) is 0. The fraction of sp³-hybridized carbons (Fsp3) is 0.267. The van der Waals surface area contributed by atoms with Crippen molar-refractivity contribution < 1.29 is 4.92 Å². The van der Waals surface area contributed by atoms with Gasteiger partial charge in [0.2, 0.25) is 0 Å². The monoisotopic (exact) mass is 271 g/mol. The van der Waals surface area contributed by atoms with E-state index in [1.54, 1.807) is 18.5 Å². The van der Waals surface area contributed by atoms with Gasteiger partial charge in [0.15, 0.2) is 0 Å². The van der Waals surface area contributed by atoms with Crippen molar-refractivity contribution in [3.05, 3.63) is 63.5 Å². The van der Waals surface area contributed by atoms with Crippen LogP contribution in [0.1, 0.15) is 29.7 Å². The average molecular weight is 271 g/mol. The zero-order chi connectivity index (χ0) is 14.7. The van der Waals surface area contributed by atoms with Crippen molar-refractivity contribution in [1.29, 1.82) is 0 Å². The average Bonchev–Trinajstić information content (AvgIpc) is 2.43. The zero-order valence-electron chi connectivity index (χ0n) is 11.8. The molecule has 0 aliphatic heterocycles. The van der Waals surface area contributed by atoms with Gasteiger partial charge in [0.05, 0.1) is 11.0 Å². The molecule has 0 bridgehead atoms. The Morgan fingerprint density at radius 1 is 1.30 bits per heavy atom. The van der Waals surface area contributed by atoms with E-state index in [2.05, 4.69) is 10.3 Å². The maximum Gasteiger partial charge on any atom is 0.292 e. The van der Waals surface area contributed by atoms with Crippen molar-refractivity contribution in [2.45, 2.75) is 26.8 Å². The first-order valence-electron chi connectivity index (χ1n) is 6.41. The minimum Gasteiger partial charge on any atom is -0.373 e. The van der Waals surface area contributed by atoms with E-state index in [-0.39, 0.29) is 16.7 Å². The maximum atomic E-state index is 11.2. The molecule has 104 valence electrons. The van der Waals surface area contributed by atoms with Crippen LogP contribution in [0.15, 0.2) is 36.7 Å². The Morgan fingerprint density at radius 3 is 2.60 bits per heavy atom. The van der Waals surface area contributed by atoms with Crippen LogP contribution in [0.5, 0.6) is 0 Å². The Morgan fingerprint density at radius 2 is 2.00 bits per heavy atom. The molecule has 1 atom stereocenters. The summed E-state index contributed by atoms with van der Waals surface area (Å²) in [7, 11) is 0. The first-order chi connectivity index (χ1) is 9.49. The molecule has 5 nitrogen and oxygen atoms in total. The second-order valence-corrected chi connectivity index (χ2v) is 4.86. The first-order valence-corrected chi connectivity index (χ1v) is 6.41. The zero-order valence-corrected chi connectivity index (χ0v) is 11.8. The fourth-order valence-corrected chi connectivity index (χ4v) is 2.02. The molecule has 0 amide bonds. The lowest BCUT2D eigenvalue weighted by atomic mass is 10.1. The van der Waals surface area contributed by atoms with Gasteiger partial charge in [-0.2, -0.15) is 0 Å². The topological polar surface area (TPSA) is 68.1 Å². The number of hydrogen-bond donors (Lipinski definition) is 1. The smallest absolute Gasteiger partial charge is 0.292 e. The van der Waals surface area contributed by atoms with E-state index in [0.29, 0.717) is 5.69 Å². The van der Waals surface area contributed by atoms with Crippen LogP contribution in [0.4, 0.5) is 11.4 Å². The summed E-state index contributed by atoms with van der Waals surface area (Å²) in [5, 5.41) is 14.4. The summed E-state index contributed by atoms with van der Waals surface area (Å²) in [4.78, 5) is 14.9.